The minimum absolute atomic E-state index is 0.515. The molecule has 0 spiro atoms. The van der Waals surface area contributed by atoms with Crippen LogP contribution in [0.15, 0.2) is 18.2 Å². The molecule has 1 aromatic carbocycles. The van der Waals surface area contributed by atoms with Crippen LogP contribution in [0.5, 0.6) is 0 Å². The molecule has 0 amide bonds. The largest absolute Gasteiger partial charge is 0.389 e. The van der Waals surface area contributed by atoms with Crippen molar-refractivity contribution >= 4 is 23.2 Å². The molecular weight excluding hydrogens is 257 g/mol. The van der Waals surface area contributed by atoms with Gasteiger partial charge >= 0.3 is 0 Å². The van der Waals surface area contributed by atoms with Gasteiger partial charge in [0.05, 0.1) is 5.60 Å². The van der Waals surface area contributed by atoms with E-state index >= 15 is 0 Å². The zero-order valence-electron chi connectivity index (χ0n) is 9.68. The van der Waals surface area contributed by atoms with Crippen LogP contribution in [0.2, 0.25) is 10.0 Å². The summed E-state index contributed by atoms with van der Waals surface area (Å²) in [5.41, 5.74) is 0.497. The lowest BCUT2D eigenvalue weighted by atomic mass is 10.0. The van der Waals surface area contributed by atoms with Gasteiger partial charge in [-0.3, -0.25) is 0 Å². The molecule has 1 aromatic rings. The lowest BCUT2D eigenvalue weighted by Crippen LogP contribution is -2.37. The van der Waals surface area contributed by atoms with E-state index in [2.05, 4.69) is 5.32 Å². The molecule has 0 heterocycles. The number of halogens is 2. The van der Waals surface area contributed by atoms with Crippen molar-refractivity contribution in [2.24, 2.45) is 0 Å². The van der Waals surface area contributed by atoms with Gasteiger partial charge in [0.1, 0.15) is 0 Å². The molecule has 2 N–H and O–H groups in total. The molecule has 0 radical (unpaired) electrons. The third-order valence-electron chi connectivity index (χ3n) is 3.32. The quantitative estimate of drug-likeness (QED) is 0.882. The van der Waals surface area contributed by atoms with Crippen LogP contribution in [-0.4, -0.2) is 17.3 Å². The maximum Gasteiger partial charge on any atom is 0.0771 e. The number of aliphatic hydroxyl groups is 1. The molecule has 17 heavy (non-hydrogen) atoms. The Hall–Kier alpha value is -0.280. The Morgan fingerprint density at radius 3 is 2.59 bits per heavy atom. The van der Waals surface area contributed by atoms with E-state index in [4.69, 9.17) is 23.2 Å². The zero-order valence-corrected chi connectivity index (χ0v) is 11.2. The van der Waals surface area contributed by atoms with E-state index in [1.807, 2.05) is 12.1 Å². The molecule has 1 aliphatic carbocycles. The standard InChI is InChI=1S/C13H17Cl2NO/c14-11-4-3-10(12(15)7-11)8-16-9-13(17)5-1-2-6-13/h3-4,7,16-17H,1-2,5-6,8-9H2. The summed E-state index contributed by atoms with van der Waals surface area (Å²) in [5.74, 6) is 0. The molecule has 0 unspecified atom stereocenters. The molecule has 0 atom stereocenters. The van der Waals surface area contributed by atoms with Crippen molar-refractivity contribution in [3.05, 3.63) is 33.8 Å². The van der Waals surface area contributed by atoms with E-state index in [9.17, 15) is 5.11 Å². The van der Waals surface area contributed by atoms with Crippen molar-refractivity contribution in [2.45, 2.75) is 37.8 Å². The van der Waals surface area contributed by atoms with Crippen LogP contribution < -0.4 is 5.32 Å². The minimum Gasteiger partial charge on any atom is -0.389 e. The molecule has 1 fully saturated rings. The maximum absolute atomic E-state index is 10.2. The van der Waals surface area contributed by atoms with Gasteiger partial charge in [0.25, 0.3) is 0 Å². The topological polar surface area (TPSA) is 32.3 Å². The van der Waals surface area contributed by atoms with Crippen LogP contribution in [0.3, 0.4) is 0 Å². The number of benzene rings is 1. The van der Waals surface area contributed by atoms with Crippen molar-refractivity contribution in [1.82, 2.24) is 5.32 Å². The number of hydrogen-bond acceptors (Lipinski definition) is 2. The van der Waals surface area contributed by atoms with Gasteiger partial charge in [0.15, 0.2) is 0 Å². The molecule has 0 saturated heterocycles. The summed E-state index contributed by atoms with van der Waals surface area (Å²) in [6, 6.07) is 5.48. The Kier molecular flexibility index (Phi) is 4.31. The highest BCUT2D eigenvalue weighted by Gasteiger charge is 2.30. The Morgan fingerprint density at radius 1 is 1.24 bits per heavy atom. The van der Waals surface area contributed by atoms with Crippen LogP contribution in [0.1, 0.15) is 31.2 Å². The normalized spacial score (nSPS) is 18.5. The van der Waals surface area contributed by atoms with Crippen molar-refractivity contribution in [1.29, 1.82) is 0 Å². The van der Waals surface area contributed by atoms with Crippen LogP contribution in [0.25, 0.3) is 0 Å². The van der Waals surface area contributed by atoms with Gasteiger partial charge in [-0.25, -0.2) is 0 Å². The summed E-state index contributed by atoms with van der Waals surface area (Å²) < 4.78 is 0. The van der Waals surface area contributed by atoms with Crippen LogP contribution in [0, 0.1) is 0 Å². The fraction of sp³-hybridized carbons (Fsp3) is 0.538. The van der Waals surface area contributed by atoms with Crippen molar-refractivity contribution < 1.29 is 5.11 Å². The van der Waals surface area contributed by atoms with Gasteiger partial charge in [-0.1, -0.05) is 42.1 Å². The van der Waals surface area contributed by atoms with Crippen molar-refractivity contribution in [3.63, 3.8) is 0 Å². The summed E-state index contributed by atoms with van der Waals surface area (Å²) in [6.07, 6.45) is 4.04. The average Bonchev–Trinajstić information content (AvgIpc) is 2.69. The van der Waals surface area contributed by atoms with E-state index in [1.54, 1.807) is 6.07 Å². The van der Waals surface area contributed by atoms with E-state index in [1.165, 1.54) is 0 Å². The van der Waals surface area contributed by atoms with E-state index < -0.39 is 5.60 Å². The van der Waals surface area contributed by atoms with Crippen molar-refractivity contribution in [2.75, 3.05) is 6.54 Å². The first-order chi connectivity index (χ1) is 8.09. The highest BCUT2D eigenvalue weighted by atomic mass is 35.5. The van der Waals surface area contributed by atoms with Crippen molar-refractivity contribution in [3.8, 4) is 0 Å². The number of rotatable bonds is 4. The summed E-state index contributed by atoms with van der Waals surface area (Å²) in [4.78, 5) is 0. The van der Waals surface area contributed by atoms with E-state index in [-0.39, 0.29) is 0 Å². The molecule has 94 valence electrons. The zero-order chi connectivity index (χ0) is 12.3. The summed E-state index contributed by atoms with van der Waals surface area (Å²) >= 11 is 11.9. The first-order valence-electron chi connectivity index (χ1n) is 5.96. The Bertz CT molecular complexity index is 389. The molecular formula is C13H17Cl2NO. The summed E-state index contributed by atoms with van der Waals surface area (Å²) in [7, 11) is 0. The molecule has 4 heteroatoms. The predicted molar refractivity (Wildman–Crippen MR) is 71.6 cm³/mol. The molecule has 1 saturated carbocycles. The SMILES string of the molecule is OC1(CNCc2ccc(Cl)cc2Cl)CCCC1. The number of hydrogen-bond donors (Lipinski definition) is 2. The van der Waals surface area contributed by atoms with Gasteiger partial charge in [0.2, 0.25) is 0 Å². The highest BCUT2D eigenvalue weighted by Crippen LogP contribution is 2.28. The highest BCUT2D eigenvalue weighted by molar-refractivity contribution is 6.35. The van der Waals surface area contributed by atoms with Crippen LogP contribution >= 0.6 is 23.2 Å². The lowest BCUT2D eigenvalue weighted by Gasteiger charge is -2.22. The molecule has 0 bridgehead atoms. The summed E-state index contributed by atoms with van der Waals surface area (Å²) in [5, 5.41) is 14.7. The first kappa shape index (κ1) is 13.2. The Balaban J connectivity index is 1.85. The maximum atomic E-state index is 10.2. The second kappa shape index (κ2) is 5.57. The van der Waals surface area contributed by atoms with Gasteiger partial charge in [0, 0.05) is 23.1 Å². The van der Waals surface area contributed by atoms with Crippen LogP contribution in [-0.2, 0) is 6.54 Å². The fourth-order valence-electron chi connectivity index (χ4n) is 2.30. The number of nitrogens with one attached hydrogen (secondary N) is 1. The second-order valence-electron chi connectivity index (χ2n) is 4.77. The second-order valence-corrected chi connectivity index (χ2v) is 5.61. The molecule has 2 rings (SSSR count). The lowest BCUT2D eigenvalue weighted by molar-refractivity contribution is 0.0475. The van der Waals surface area contributed by atoms with Crippen LogP contribution in [0.4, 0.5) is 0 Å². The third-order valence-corrected chi connectivity index (χ3v) is 3.91. The molecule has 2 nitrogen and oxygen atoms in total. The first-order valence-corrected chi connectivity index (χ1v) is 6.72. The Labute approximate surface area is 112 Å². The van der Waals surface area contributed by atoms with Gasteiger partial charge in [-0.05, 0) is 30.5 Å². The minimum atomic E-state index is -0.515. The Morgan fingerprint density at radius 2 is 1.94 bits per heavy atom. The van der Waals surface area contributed by atoms with E-state index in [0.717, 1.165) is 31.2 Å². The molecule has 0 aliphatic heterocycles. The van der Waals surface area contributed by atoms with Gasteiger partial charge in [-0.2, -0.15) is 0 Å². The molecule has 0 aromatic heterocycles. The molecule has 1 aliphatic rings. The fourth-order valence-corrected chi connectivity index (χ4v) is 2.78. The van der Waals surface area contributed by atoms with Gasteiger partial charge < -0.3 is 10.4 Å². The smallest absolute Gasteiger partial charge is 0.0771 e. The monoisotopic (exact) mass is 273 g/mol. The average molecular weight is 274 g/mol. The summed E-state index contributed by atoms with van der Waals surface area (Å²) in [6.45, 7) is 1.30. The van der Waals surface area contributed by atoms with Gasteiger partial charge in [-0.15, -0.1) is 0 Å². The van der Waals surface area contributed by atoms with E-state index in [0.29, 0.717) is 23.1 Å². The predicted octanol–water partition coefficient (Wildman–Crippen LogP) is 3.39. The third kappa shape index (κ3) is 3.59.